The van der Waals surface area contributed by atoms with Gasteiger partial charge in [-0.2, -0.15) is 0 Å². The van der Waals surface area contributed by atoms with Gasteiger partial charge >= 0.3 is 0 Å². The number of hydrogen-bond acceptors (Lipinski definition) is 5. The van der Waals surface area contributed by atoms with Crippen LogP contribution in [0.4, 0.5) is 0 Å². The number of fused-ring (bicyclic) bond motifs is 1. The van der Waals surface area contributed by atoms with Crippen LogP contribution in [0.2, 0.25) is 0 Å². The van der Waals surface area contributed by atoms with Crippen LogP contribution in [0.1, 0.15) is 0 Å². The number of ether oxygens (including phenoxy) is 3. The van der Waals surface area contributed by atoms with E-state index in [0.717, 1.165) is 0 Å². The summed E-state index contributed by atoms with van der Waals surface area (Å²) in [4.78, 5) is 15.7. The SMILES string of the molecule is COc1ccc(-c2[nH]c3cccc(OC)c3c(=O)c2O)cc1OC. The van der Waals surface area contributed by atoms with E-state index in [1.54, 1.807) is 43.5 Å². The predicted octanol–water partition coefficient (Wildman–Crippen LogP) is 2.93. The fourth-order valence-corrected chi connectivity index (χ4v) is 2.67. The summed E-state index contributed by atoms with van der Waals surface area (Å²) in [5, 5.41) is 10.7. The van der Waals surface area contributed by atoms with Crippen LogP contribution in [-0.2, 0) is 0 Å². The lowest BCUT2D eigenvalue weighted by molar-refractivity contribution is 0.355. The first kappa shape index (κ1) is 15.7. The average Bonchev–Trinajstić information content (AvgIpc) is 2.63. The molecular formula is C18H17NO5. The topological polar surface area (TPSA) is 80.8 Å². The molecule has 2 aromatic carbocycles. The summed E-state index contributed by atoms with van der Waals surface area (Å²) in [5.74, 6) is 1.09. The molecule has 0 aliphatic carbocycles. The molecule has 0 saturated heterocycles. The zero-order valence-corrected chi connectivity index (χ0v) is 13.5. The maximum Gasteiger partial charge on any atom is 0.235 e. The quantitative estimate of drug-likeness (QED) is 0.770. The number of benzene rings is 2. The summed E-state index contributed by atoms with van der Waals surface area (Å²) in [6.07, 6.45) is 0. The zero-order chi connectivity index (χ0) is 17.3. The lowest BCUT2D eigenvalue weighted by Gasteiger charge is -2.12. The van der Waals surface area contributed by atoms with Gasteiger partial charge < -0.3 is 24.3 Å². The first-order valence-electron chi connectivity index (χ1n) is 7.25. The molecule has 0 saturated carbocycles. The second kappa shape index (κ2) is 6.16. The van der Waals surface area contributed by atoms with Gasteiger partial charge in [-0.1, -0.05) is 6.07 Å². The maximum atomic E-state index is 12.6. The molecule has 24 heavy (non-hydrogen) atoms. The van der Waals surface area contributed by atoms with E-state index in [4.69, 9.17) is 14.2 Å². The molecule has 124 valence electrons. The van der Waals surface area contributed by atoms with Crippen molar-refractivity contribution in [3.63, 3.8) is 0 Å². The van der Waals surface area contributed by atoms with E-state index in [0.29, 0.717) is 39.4 Å². The smallest absolute Gasteiger partial charge is 0.235 e. The molecule has 0 fully saturated rings. The molecule has 3 aromatic rings. The van der Waals surface area contributed by atoms with Crippen molar-refractivity contribution in [1.29, 1.82) is 0 Å². The van der Waals surface area contributed by atoms with Gasteiger partial charge in [-0.3, -0.25) is 4.79 Å². The second-order valence-electron chi connectivity index (χ2n) is 5.13. The Morgan fingerprint density at radius 2 is 1.62 bits per heavy atom. The van der Waals surface area contributed by atoms with Crippen LogP contribution in [0.25, 0.3) is 22.2 Å². The van der Waals surface area contributed by atoms with Crippen molar-refractivity contribution in [2.75, 3.05) is 21.3 Å². The molecule has 0 aliphatic rings. The molecule has 6 nitrogen and oxygen atoms in total. The van der Waals surface area contributed by atoms with Gasteiger partial charge in [0.25, 0.3) is 0 Å². The number of methoxy groups -OCH3 is 3. The fourth-order valence-electron chi connectivity index (χ4n) is 2.67. The highest BCUT2D eigenvalue weighted by molar-refractivity contribution is 5.89. The Balaban J connectivity index is 2.28. The molecule has 0 unspecified atom stereocenters. The predicted molar refractivity (Wildman–Crippen MR) is 91.3 cm³/mol. The number of H-pyrrole nitrogens is 1. The number of nitrogens with one attached hydrogen (secondary N) is 1. The van der Waals surface area contributed by atoms with Gasteiger partial charge in [-0.15, -0.1) is 0 Å². The molecule has 0 amide bonds. The van der Waals surface area contributed by atoms with E-state index in [1.165, 1.54) is 14.2 Å². The normalized spacial score (nSPS) is 10.6. The molecule has 2 N–H and O–H groups in total. The Kier molecular flexibility index (Phi) is 4.04. The van der Waals surface area contributed by atoms with E-state index in [2.05, 4.69) is 4.98 Å². The number of aromatic amines is 1. The number of pyridine rings is 1. The number of aromatic nitrogens is 1. The summed E-state index contributed by atoms with van der Waals surface area (Å²) in [6.45, 7) is 0. The average molecular weight is 327 g/mol. The van der Waals surface area contributed by atoms with Crippen LogP contribution in [0.3, 0.4) is 0 Å². The van der Waals surface area contributed by atoms with Gasteiger partial charge in [0, 0.05) is 5.56 Å². The first-order valence-corrected chi connectivity index (χ1v) is 7.25. The van der Waals surface area contributed by atoms with E-state index < -0.39 is 5.43 Å². The van der Waals surface area contributed by atoms with Crippen molar-refractivity contribution >= 4 is 10.9 Å². The minimum absolute atomic E-state index is 0.307. The summed E-state index contributed by atoms with van der Waals surface area (Å²) in [7, 11) is 4.54. The van der Waals surface area contributed by atoms with Crippen LogP contribution in [0.5, 0.6) is 23.0 Å². The highest BCUT2D eigenvalue weighted by atomic mass is 16.5. The lowest BCUT2D eigenvalue weighted by atomic mass is 10.1. The monoisotopic (exact) mass is 327 g/mol. The summed E-state index contributed by atoms with van der Waals surface area (Å²) in [5.41, 5.74) is 0.988. The van der Waals surface area contributed by atoms with Crippen molar-refractivity contribution in [2.45, 2.75) is 0 Å². The highest BCUT2D eigenvalue weighted by Gasteiger charge is 2.17. The summed E-state index contributed by atoms with van der Waals surface area (Å²) >= 11 is 0. The van der Waals surface area contributed by atoms with E-state index in [1.807, 2.05) is 0 Å². The number of aromatic hydroxyl groups is 1. The minimum Gasteiger partial charge on any atom is -0.503 e. The van der Waals surface area contributed by atoms with Gasteiger partial charge in [0.15, 0.2) is 17.2 Å². The highest BCUT2D eigenvalue weighted by Crippen LogP contribution is 2.35. The Morgan fingerprint density at radius 1 is 0.917 bits per heavy atom. The van der Waals surface area contributed by atoms with E-state index in [9.17, 15) is 9.90 Å². The van der Waals surface area contributed by atoms with Crippen LogP contribution >= 0.6 is 0 Å². The van der Waals surface area contributed by atoms with Crippen LogP contribution in [-0.4, -0.2) is 31.4 Å². The van der Waals surface area contributed by atoms with Crippen molar-refractivity contribution in [3.05, 3.63) is 46.6 Å². The molecular weight excluding hydrogens is 310 g/mol. The van der Waals surface area contributed by atoms with Crippen molar-refractivity contribution in [3.8, 4) is 34.3 Å². The third-order valence-electron chi connectivity index (χ3n) is 3.86. The van der Waals surface area contributed by atoms with Crippen molar-refractivity contribution < 1.29 is 19.3 Å². The van der Waals surface area contributed by atoms with Crippen LogP contribution < -0.4 is 19.6 Å². The Bertz CT molecular complexity index is 962. The van der Waals surface area contributed by atoms with Crippen molar-refractivity contribution in [2.24, 2.45) is 0 Å². The van der Waals surface area contributed by atoms with E-state index >= 15 is 0 Å². The van der Waals surface area contributed by atoms with Crippen molar-refractivity contribution in [1.82, 2.24) is 4.98 Å². The molecule has 0 radical (unpaired) electrons. The van der Waals surface area contributed by atoms with Crippen LogP contribution in [0, 0.1) is 0 Å². The molecule has 0 aliphatic heterocycles. The summed E-state index contributed by atoms with van der Waals surface area (Å²) < 4.78 is 15.7. The Labute approximate surface area is 138 Å². The summed E-state index contributed by atoms with van der Waals surface area (Å²) in [6, 6.07) is 10.3. The maximum absolute atomic E-state index is 12.6. The molecule has 6 heteroatoms. The van der Waals surface area contributed by atoms with Gasteiger partial charge in [-0.05, 0) is 30.3 Å². The molecule has 3 rings (SSSR count). The van der Waals surface area contributed by atoms with Crippen LogP contribution in [0.15, 0.2) is 41.2 Å². The molecule has 0 atom stereocenters. The van der Waals surface area contributed by atoms with E-state index in [-0.39, 0.29) is 5.75 Å². The zero-order valence-electron chi connectivity index (χ0n) is 13.5. The van der Waals surface area contributed by atoms with Gasteiger partial charge in [0.05, 0.1) is 37.9 Å². The lowest BCUT2D eigenvalue weighted by Crippen LogP contribution is -2.06. The largest absolute Gasteiger partial charge is 0.503 e. The minimum atomic E-state index is -0.494. The third kappa shape index (κ3) is 2.42. The standard InChI is InChI=1S/C18H17NO5/c1-22-12-8-7-10(9-14(12)24-3)16-18(21)17(20)15-11(19-16)5-4-6-13(15)23-2/h4-9,21H,1-3H3,(H,19,20). The number of hydrogen-bond donors (Lipinski definition) is 2. The van der Waals surface area contributed by atoms with Gasteiger partial charge in [-0.25, -0.2) is 0 Å². The molecule has 1 heterocycles. The second-order valence-corrected chi connectivity index (χ2v) is 5.13. The Hall–Kier alpha value is -3.15. The molecule has 1 aromatic heterocycles. The Morgan fingerprint density at radius 3 is 2.29 bits per heavy atom. The molecule has 0 spiro atoms. The van der Waals surface area contributed by atoms with Gasteiger partial charge in [0.1, 0.15) is 5.75 Å². The first-order chi connectivity index (χ1) is 11.6. The number of rotatable bonds is 4. The molecule has 0 bridgehead atoms. The fraction of sp³-hybridized carbons (Fsp3) is 0.167. The third-order valence-corrected chi connectivity index (χ3v) is 3.86. The van der Waals surface area contributed by atoms with Gasteiger partial charge in [0.2, 0.25) is 5.43 Å².